The van der Waals surface area contributed by atoms with Gasteiger partial charge in [0.1, 0.15) is 11.8 Å². The van der Waals surface area contributed by atoms with Crippen molar-refractivity contribution in [1.29, 1.82) is 0 Å². The van der Waals surface area contributed by atoms with E-state index < -0.39 is 18.5 Å². The van der Waals surface area contributed by atoms with Gasteiger partial charge in [0.25, 0.3) is 5.91 Å². The Bertz CT molecular complexity index is 454. The van der Waals surface area contributed by atoms with Gasteiger partial charge in [-0.3, -0.25) is 4.79 Å². The Morgan fingerprint density at radius 2 is 2.17 bits per heavy atom. The summed E-state index contributed by atoms with van der Waals surface area (Å²) < 4.78 is 4.75. The Morgan fingerprint density at radius 3 is 2.83 bits per heavy atom. The smallest absolute Gasteiger partial charge is 0.329 e. The second-order valence-corrected chi connectivity index (χ2v) is 3.98. The fraction of sp³-hybridized carbons (Fsp3) is 0.300. The molecule has 2 N–H and O–H groups in total. The molecule has 0 unspecified atom stereocenters. The fourth-order valence-electron chi connectivity index (χ4n) is 1.08. The second-order valence-electron chi connectivity index (χ2n) is 3.19. The molecule has 0 aliphatic rings. The minimum absolute atomic E-state index is 0.0917. The molecule has 0 aliphatic heterocycles. The van der Waals surface area contributed by atoms with Crippen LogP contribution in [0.5, 0.6) is 0 Å². The van der Waals surface area contributed by atoms with E-state index >= 15 is 0 Å². The summed E-state index contributed by atoms with van der Waals surface area (Å²) in [4.78, 5) is 25.5. The van der Waals surface area contributed by atoms with Gasteiger partial charge in [-0.05, 0) is 6.07 Å². The maximum Gasteiger partial charge on any atom is 0.329 e. The van der Waals surface area contributed by atoms with Crippen LogP contribution >= 0.6 is 23.2 Å². The standard InChI is InChI=1S/C10H10Cl2N2O4/c11-7-4-14-8(12)3-6(7)10(17)13-1-2-18-5-9(15)16/h3-4H,1-2,5H2,(H,13,17)(H,15,16). The number of halogens is 2. The van der Waals surface area contributed by atoms with Gasteiger partial charge in [-0.2, -0.15) is 0 Å². The number of nitrogens with zero attached hydrogens (tertiary/aromatic N) is 1. The molecule has 18 heavy (non-hydrogen) atoms. The van der Waals surface area contributed by atoms with E-state index in [2.05, 4.69) is 10.3 Å². The van der Waals surface area contributed by atoms with E-state index in [1.807, 2.05) is 0 Å². The number of hydrogen-bond acceptors (Lipinski definition) is 4. The molecule has 0 aliphatic carbocycles. The summed E-state index contributed by atoms with van der Waals surface area (Å²) in [5.74, 6) is -1.49. The lowest BCUT2D eigenvalue weighted by Gasteiger charge is -2.06. The van der Waals surface area contributed by atoms with Gasteiger partial charge in [-0.1, -0.05) is 23.2 Å². The number of pyridine rings is 1. The largest absolute Gasteiger partial charge is 0.480 e. The van der Waals surface area contributed by atoms with Gasteiger partial charge in [0.15, 0.2) is 0 Å². The molecule has 98 valence electrons. The topological polar surface area (TPSA) is 88.5 Å². The number of aliphatic carboxylic acids is 1. The maximum atomic E-state index is 11.7. The Kier molecular flexibility index (Phi) is 5.84. The molecular formula is C10H10Cl2N2O4. The highest BCUT2D eigenvalue weighted by Crippen LogP contribution is 2.17. The Morgan fingerprint density at radius 1 is 1.44 bits per heavy atom. The molecule has 1 aromatic rings. The predicted octanol–water partition coefficient (Wildman–Crippen LogP) is 1.22. The number of ether oxygens (including phenoxy) is 1. The quantitative estimate of drug-likeness (QED) is 0.608. The lowest BCUT2D eigenvalue weighted by atomic mass is 10.2. The minimum Gasteiger partial charge on any atom is -0.480 e. The van der Waals surface area contributed by atoms with Crippen molar-refractivity contribution < 1.29 is 19.4 Å². The lowest BCUT2D eigenvalue weighted by molar-refractivity contribution is -0.142. The van der Waals surface area contributed by atoms with Crippen molar-refractivity contribution in [2.24, 2.45) is 0 Å². The van der Waals surface area contributed by atoms with Crippen LogP contribution < -0.4 is 5.32 Å². The first-order valence-electron chi connectivity index (χ1n) is 4.89. The molecule has 1 heterocycles. The van der Waals surface area contributed by atoms with Crippen molar-refractivity contribution in [2.75, 3.05) is 19.8 Å². The van der Waals surface area contributed by atoms with E-state index in [1.165, 1.54) is 12.3 Å². The van der Waals surface area contributed by atoms with Gasteiger partial charge in [-0.25, -0.2) is 9.78 Å². The van der Waals surface area contributed by atoms with Crippen molar-refractivity contribution >= 4 is 35.1 Å². The van der Waals surface area contributed by atoms with Crippen LogP contribution in [0.3, 0.4) is 0 Å². The molecule has 0 spiro atoms. The molecule has 0 bridgehead atoms. The molecule has 0 radical (unpaired) electrons. The zero-order chi connectivity index (χ0) is 13.5. The summed E-state index contributed by atoms with van der Waals surface area (Å²) in [5, 5.41) is 11.2. The van der Waals surface area contributed by atoms with E-state index in [0.717, 1.165) is 0 Å². The monoisotopic (exact) mass is 292 g/mol. The van der Waals surface area contributed by atoms with Gasteiger partial charge in [0, 0.05) is 12.7 Å². The van der Waals surface area contributed by atoms with Crippen LogP contribution in [0.2, 0.25) is 10.2 Å². The second kappa shape index (κ2) is 7.15. The molecule has 0 saturated carbocycles. The summed E-state index contributed by atoms with van der Waals surface area (Å²) in [5.41, 5.74) is 0.204. The maximum absolute atomic E-state index is 11.7. The summed E-state index contributed by atoms with van der Waals surface area (Å²) in [7, 11) is 0. The molecule has 0 saturated heterocycles. The third kappa shape index (κ3) is 4.87. The van der Waals surface area contributed by atoms with Crippen LogP contribution in [0.15, 0.2) is 12.3 Å². The molecule has 0 aromatic carbocycles. The molecule has 1 rings (SSSR count). The van der Waals surface area contributed by atoms with Crippen molar-refractivity contribution in [3.05, 3.63) is 28.0 Å². The molecule has 6 nitrogen and oxygen atoms in total. The predicted molar refractivity (Wildman–Crippen MR) is 65.0 cm³/mol. The number of carbonyl (C=O) groups is 2. The molecule has 8 heteroatoms. The van der Waals surface area contributed by atoms with Crippen LogP contribution in [0.25, 0.3) is 0 Å². The van der Waals surface area contributed by atoms with Crippen LogP contribution in [-0.2, 0) is 9.53 Å². The number of rotatable bonds is 6. The normalized spacial score (nSPS) is 10.1. The van der Waals surface area contributed by atoms with Crippen LogP contribution in [0, 0.1) is 0 Å². The Balaban J connectivity index is 2.41. The van der Waals surface area contributed by atoms with Crippen LogP contribution in [0.4, 0.5) is 0 Å². The SMILES string of the molecule is O=C(O)COCCNC(=O)c1cc(Cl)ncc1Cl. The molecule has 0 atom stereocenters. The first-order valence-corrected chi connectivity index (χ1v) is 5.65. The highest BCUT2D eigenvalue weighted by Gasteiger charge is 2.11. The van der Waals surface area contributed by atoms with E-state index in [1.54, 1.807) is 0 Å². The van der Waals surface area contributed by atoms with Crippen molar-refractivity contribution in [1.82, 2.24) is 10.3 Å². The zero-order valence-electron chi connectivity index (χ0n) is 9.15. The number of nitrogens with one attached hydrogen (secondary N) is 1. The summed E-state index contributed by atoms with van der Waals surface area (Å²) >= 11 is 11.4. The van der Waals surface area contributed by atoms with Gasteiger partial charge in [0.05, 0.1) is 17.2 Å². The van der Waals surface area contributed by atoms with Crippen LogP contribution in [0.1, 0.15) is 10.4 Å². The summed E-state index contributed by atoms with van der Waals surface area (Å²) in [6, 6.07) is 1.34. The first-order chi connectivity index (χ1) is 8.50. The molecule has 1 aromatic heterocycles. The first kappa shape index (κ1) is 14.7. The van der Waals surface area contributed by atoms with E-state index in [0.29, 0.717) is 0 Å². The minimum atomic E-state index is -1.06. The highest BCUT2D eigenvalue weighted by molar-refractivity contribution is 6.35. The third-order valence-corrected chi connectivity index (χ3v) is 2.33. The Labute approximate surface area is 113 Å². The average Bonchev–Trinajstić information content (AvgIpc) is 2.31. The number of carboxylic acid groups (broad SMARTS) is 1. The van der Waals surface area contributed by atoms with E-state index in [4.69, 9.17) is 33.0 Å². The van der Waals surface area contributed by atoms with E-state index in [-0.39, 0.29) is 28.9 Å². The van der Waals surface area contributed by atoms with Crippen molar-refractivity contribution in [2.45, 2.75) is 0 Å². The van der Waals surface area contributed by atoms with Gasteiger partial charge >= 0.3 is 5.97 Å². The van der Waals surface area contributed by atoms with Crippen LogP contribution in [-0.4, -0.2) is 41.7 Å². The number of amides is 1. The molecular weight excluding hydrogens is 283 g/mol. The molecule has 0 fully saturated rings. The van der Waals surface area contributed by atoms with Gasteiger partial charge < -0.3 is 15.2 Å². The highest BCUT2D eigenvalue weighted by atomic mass is 35.5. The third-order valence-electron chi connectivity index (χ3n) is 1.82. The van der Waals surface area contributed by atoms with E-state index in [9.17, 15) is 9.59 Å². The number of hydrogen-bond donors (Lipinski definition) is 2. The average molecular weight is 293 g/mol. The lowest BCUT2D eigenvalue weighted by Crippen LogP contribution is -2.28. The number of aromatic nitrogens is 1. The number of carboxylic acids is 1. The number of carbonyl (C=O) groups excluding carboxylic acids is 1. The summed E-state index contributed by atoms with van der Waals surface area (Å²) in [6.07, 6.45) is 1.28. The van der Waals surface area contributed by atoms with Crippen molar-refractivity contribution in [3.8, 4) is 0 Å². The summed E-state index contributed by atoms with van der Waals surface area (Å²) in [6.45, 7) is -0.144. The van der Waals surface area contributed by atoms with Crippen molar-refractivity contribution in [3.63, 3.8) is 0 Å². The Hall–Kier alpha value is -1.37. The fourth-order valence-corrected chi connectivity index (χ4v) is 1.43. The van der Waals surface area contributed by atoms with Gasteiger partial charge in [-0.15, -0.1) is 0 Å². The zero-order valence-corrected chi connectivity index (χ0v) is 10.7. The molecule has 1 amide bonds. The van der Waals surface area contributed by atoms with Gasteiger partial charge in [0.2, 0.25) is 0 Å².